The van der Waals surface area contributed by atoms with Crippen molar-refractivity contribution in [2.45, 2.75) is 0 Å². The Hall–Kier alpha value is 0.764. The molecule has 0 fully saturated rings. The van der Waals surface area contributed by atoms with Crippen LogP contribution in [-0.2, 0) is 4.57 Å². The molecule has 0 saturated carbocycles. The molecule has 0 spiro atoms. The van der Waals surface area contributed by atoms with Crippen LogP contribution in [0.3, 0.4) is 0 Å². The van der Waals surface area contributed by atoms with Gasteiger partial charge in [-0.3, -0.25) is 0 Å². The van der Waals surface area contributed by atoms with Gasteiger partial charge in [0.25, 0.3) is 0 Å². The minimum atomic E-state index is -4.64. The summed E-state index contributed by atoms with van der Waals surface area (Å²) in [6.07, 6.45) is 0. The van der Waals surface area contributed by atoms with Crippen LogP contribution in [0.5, 0.6) is 0 Å². The predicted molar refractivity (Wildman–Crippen MR) is 36.0 cm³/mol. The van der Waals surface area contributed by atoms with Gasteiger partial charge < -0.3 is 33.9 Å². The Morgan fingerprint density at radius 1 is 0.909 bits per heavy atom. The summed E-state index contributed by atoms with van der Waals surface area (Å²) in [5.41, 5.74) is 0. The zero-order chi connectivity index (χ0) is 9.00. The Morgan fingerprint density at radius 2 is 0.909 bits per heavy atom. The molecule has 0 atom stereocenters. The van der Waals surface area contributed by atoms with E-state index in [1.165, 1.54) is 0 Å². The van der Waals surface area contributed by atoms with Gasteiger partial charge in [-0.05, 0) is 0 Å². The van der Waals surface area contributed by atoms with Gasteiger partial charge in [0.15, 0.2) is 0 Å². The van der Waals surface area contributed by atoms with Gasteiger partial charge in [-0.2, -0.15) is 0 Å². The molecule has 11 heteroatoms. The van der Waals surface area contributed by atoms with E-state index in [9.17, 15) is 0 Å². The van der Waals surface area contributed by atoms with Crippen molar-refractivity contribution in [3.63, 3.8) is 0 Å². The zero-order valence-electron chi connectivity index (χ0n) is 4.49. The molecule has 0 aliphatic heterocycles. The van der Waals surface area contributed by atoms with E-state index in [2.05, 4.69) is 0 Å². The summed E-state index contributed by atoms with van der Waals surface area (Å²) >= 11 is 0. The van der Waals surface area contributed by atoms with E-state index in [4.69, 9.17) is 38.4 Å². The molecule has 0 aliphatic carbocycles. The van der Waals surface area contributed by atoms with Gasteiger partial charge in [-0.25, -0.2) is 4.57 Å². The fraction of sp³-hybridized carbons (Fsp3) is 0. The maximum absolute atomic E-state index is 8.88. The summed E-state index contributed by atoms with van der Waals surface area (Å²) in [6, 6.07) is 0. The Kier molecular flexibility index (Phi) is 10.2. The van der Waals surface area contributed by atoms with Crippen LogP contribution < -0.4 is 0 Å². The monoisotopic (exact) mass is 202 g/mol. The van der Waals surface area contributed by atoms with E-state index in [0.717, 1.165) is 0 Å². The van der Waals surface area contributed by atoms with Crippen LogP contribution in [0.2, 0.25) is 0 Å². The van der Waals surface area contributed by atoms with Gasteiger partial charge in [0.1, 0.15) is 0 Å². The standard InChI is InChI=1S/Li.H3O4P.H4O4Si.H/c;2*1-5(2,3)4;/h;(H3,1,2,3,4);1-4H;. The van der Waals surface area contributed by atoms with E-state index in [1.807, 2.05) is 0 Å². The summed E-state index contributed by atoms with van der Waals surface area (Å²) in [6.45, 7) is 0. The van der Waals surface area contributed by atoms with Gasteiger partial charge >= 0.3 is 35.7 Å². The first-order valence-electron chi connectivity index (χ1n) is 1.68. The average molecular weight is 202 g/mol. The first-order chi connectivity index (χ1) is 4.00. The predicted octanol–water partition coefficient (Wildman–Crippen LogP) is -4.19. The van der Waals surface area contributed by atoms with Crippen LogP contribution in [-0.4, -0.2) is 61.8 Å². The van der Waals surface area contributed by atoms with Crippen LogP contribution >= 0.6 is 7.82 Å². The summed E-state index contributed by atoms with van der Waals surface area (Å²) in [5, 5.41) is 0. The minimum absolute atomic E-state index is 0. The van der Waals surface area contributed by atoms with Gasteiger partial charge in [-0.15, -0.1) is 0 Å². The van der Waals surface area contributed by atoms with E-state index >= 15 is 0 Å². The SMILES string of the molecule is O=P(O)(O)O.O[Si](O)(O)O.[LiH]. The topological polar surface area (TPSA) is 159 Å². The molecule has 0 aliphatic rings. The Morgan fingerprint density at radius 3 is 0.909 bits per heavy atom. The van der Waals surface area contributed by atoms with Crippen LogP contribution in [0.15, 0.2) is 0 Å². The number of hydrogen-bond acceptors (Lipinski definition) is 5. The average Bonchev–Trinajstić information content (AvgIpc) is 1.12. The third-order valence-electron chi connectivity index (χ3n) is 0. The summed E-state index contributed by atoms with van der Waals surface area (Å²) in [5.74, 6) is 0. The molecule has 0 amide bonds. The molecule has 66 valence electrons. The third-order valence-corrected chi connectivity index (χ3v) is 0. The quantitative estimate of drug-likeness (QED) is 0.154. The van der Waals surface area contributed by atoms with Gasteiger partial charge in [-0.1, -0.05) is 0 Å². The first kappa shape index (κ1) is 17.7. The normalized spacial score (nSPS) is 10.8. The van der Waals surface area contributed by atoms with Crippen molar-refractivity contribution in [3.8, 4) is 0 Å². The first-order valence-corrected chi connectivity index (χ1v) is 5.03. The molecule has 0 aromatic carbocycles. The second-order valence-corrected chi connectivity index (χ2v) is 3.34. The van der Waals surface area contributed by atoms with Crippen LogP contribution in [0.4, 0.5) is 0 Å². The fourth-order valence-electron chi connectivity index (χ4n) is 0. The molecule has 0 radical (unpaired) electrons. The number of phosphoric acid groups is 1. The van der Waals surface area contributed by atoms with Crippen molar-refractivity contribution in [2.24, 2.45) is 0 Å². The molecule has 11 heavy (non-hydrogen) atoms. The fourth-order valence-corrected chi connectivity index (χ4v) is 0. The summed E-state index contributed by atoms with van der Waals surface area (Å²) in [7, 11) is -9.25. The van der Waals surface area contributed by atoms with E-state index in [0.29, 0.717) is 0 Å². The second kappa shape index (κ2) is 6.30. The molecule has 8 nitrogen and oxygen atoms in total. The molecule has 0 saturated heterocycles. The molecule has 0 heterocycles. The molecular weight excluding hydrogens is 194 g/mol. The van der Waals surface area contributed by atoms with Crippen molar-refractivity contribution < 1.29 is 38.4 Å². The molecule has 0 bridgehead atoms. The van der Waals surface area contributed by atoms with Crippen LogP contribution in [0.25, 0.3) is 0 Å². The summed E-state index contributed by atoms with van der Waals surface area (Å²) in [4.78, 5) is 50.9. The van der Waals surface area contributed by atoms with Crippen LogP contribution in [0.1, 0.15) is 0 Å². The molecule has 0 unspecified atom stereocenters. The van der Waals surface area contributed by atoms with E-state index in [-0.39, 0.29) is 18.9 Å². The third kappa shape index (κ3) is 1420. The second-order valence-electron chi connectivity index (χ2n) is 1.11. The Labute approximate surface area is 74.7 Å². The van der Waals surface area contributed by atoms with Gasteiger partial charge in [0.05, 0.1) is 0 Å². The van der Waals surface area contributed by atoms with E-state index in [1.54, 1.807) is 0 Å². The summed E-state index contributed by atoms with van der Waals surface area (Å²) < 4.78 is 8.88. The van der Waals surface area contributed by atoms with Gasteiger partial charge in [0.2, 0.25) is 0 Å². The molecule has 0 aromatic heterocycles. The zero-order valence-corrected chi connectivity index (χ0v) is 6.38. The molecule has 0 rings (SSSR count). The Bertz CT molecular complexity index is 106. The molecular formula is H8LiO8PSi. The molecule has 7 N–H and O–H groups in total. The molecule has 0 aromatic rings. The van der Waals surface area contributed by atoms with Gasteiger partial charge in [0, 0.05) is 0 Å². The van der Waals surface area contributed by atoms with Crippen molar-refractivity contribution in [1.29, 1.82) is 0 Å². The maximum atomic E-state index is 8.88. The van der Waals surface area contributed by atoms with E-state index < -0.39 is 16.9 Å². The Balaban J connectivity index is -0.000000107. The van der Waals surface area contributed by atoms with Crippen molar-refractivity contribution in [1.82, 2.24) is 0 Å². The van der Waals surface area contributed by atoms with Crippen LogP contribution in [0, 0.1) is 0 Å². The van der Waals surface area contributed by atoms with Crippen molar-refractivity contribution >= 4 is 35.7 Å². The van der Waals surface area contributed by atoms with Crippen molar-refractivity contribution in [3.05, 3.63) is 0 Å². The van der Waals surface area contributed by atoms with Crippen molar-refractivity contribution in [2.75, 3.05) is 0 Å². The number of hydrogen-bond donors (Lipinski definition) is 7. The number of rotatable bonds is 0.